The van der Waals surface area contributed by atoms with Crippen LogP contribution in [-0.2, 0) is 29.0 Å². The largest absolute Gasteiger partial charge is 0.352 e. The summed E-state index contributed by atoms with van der Waals surface area (Å²) in [5.41, 5.74) is 5.53. The molecule has 184 valence electrons. The zero-order valence-electron chi connectivity index (χ0n) is 21.5. The number of carbonyl (C=O) groups is 2. The van der Waals surface area contributed by atoms with Gasteiger partial charge in [-0.2, -0.15) is 0 Å². The Kier molecular flexibility index (Phi) is 9.66. The normalized spacial score (nSPS) is 12.6. The van der Waals surface area contributed by atoms with Crippen LogP contribution in [-0.4, -0.2) is 28.8 Å². The van der Waals surface area contributed by atoms with E-state index in [9.17, 15) is 9.59 Å². The highest BCUT2D eigenvalue weighted by atomic mass is 16.2. The van der Waals surface area contributed by atoms with Crippen molar-refractivity contribution in [1.82, 2.24) is 10.2 Å². The molecule has 0 aliphatic carbocycles. The van der Waals surface area contributed by atoms with Crippen molar-refractivity contribution in [3.8, 4) is 0 Å². The molecule has 0 bridgehead atoms. The maximum absolute atomic E-state index is 13.7. The Morgan fingerprint density at radius 2 is 1.51 bits per heavy atom. The van der Waals surface area contributed by atoms with Crippen LogP contribution in [0.3, 0.4) is 0 Å². The van der Waals surface area contributed by atoms with Crippen molar-refractivity contribution in [2.45, 2.75) is 72.0 Å². The van der Waals surface area contributed by atoms with Gasteiger partial charge in [-0.1, -0.05) is 96.9 Å². The van der Waals surface area contributed by atoms with Gasteiger partial charge in [0, 0.05) is 25.4 Å². The number of rotatable bonds is 11. The van der Waals surface area contributed by atoms with Crippen LogP contribution < -0.4 is 5.32 Å². The molecule has 3 aromatic rings. The average molecular weight is 471 g/mol. The van der Waals surface area contributed by atoms with E-state index in [-0.39, 0.29) is 17.9 Å². The predicted molar refractivity (Wildman–Crippen MR) is 143 cm³/mol. The van der Waals surface area contributed by atoms with Gasteiger partial charge in [0.05, 0.1) is 0 Å². The highest BCUT2D eigenvalue weighted by Crippen LogP contribution is 2.18. The molecule has 4 nitrogen and oxygen atoms in total. The number of nitrogens with one attached hydrogen (secondary N) is 1. The van der Waals surface area contributed by atoms with E-state index in [1.54, 1.807) is 4.90 Å². The Morgan fingerprint density at radius 1 is 0.829 bits per heavy atom. The quantitative estimate of drug-likeness (QED) is 0.386. The van der Waals surface area contributed by atoms with E-state index in [4.69, 9.17) is 0 Å². The zero-order chi connectivity index (χ0) is 25.2. The highest BCUT2D eigenvalue weighted by Gasteiger charge is 2.30. The van der Waals surface area contributed by atoms with Gasteiger partial charge in [-0.15, -0.1) is 0 Å². The van der Waals surface area contributed by atoms with Crippen molar-refractivity contribution in [3.63, 3.8) is 0 Å². The van der Waals surface area contributed by atoms with Gasteiger partial charge in [-0.3, -0.25) is 9.59 Å². The van der Waals surface area contributed by atoms with E-state index in [0.29, 0.717) is 25.8 Å². The number of aryl methyl sites for hydroxylation is 3. The Morgan fingerprint density at radius 3 is 2.17 bits per heavy atom. The summed E-state index contributed by atoms with van der Waals surface area (Å²) in [6.07, 6.45) is 2.32. The molecule has 0 radical (unpaired) electrons. The van der Waals surface area contributed by atoms with Crippen LogP contribution in [0.4, 0.5) is 0 Å². The molecule has 2 atom stereocenters. The molecule has 35 heavy (non-hydrogen) atoms. The van der Waals surface area contributed by atoms with Crippen molar-refractivity contribution < 1.29 is 9.59 Å². The average Bonchev–Trinajstić information content (AvgIpc) is 2.86. The maximum atomic E-state index is 13.7. The molecule has 0 fully saturated rings. The molecule has 1 N–H and O–H groups in total. The first-order valence-electron chi connectivity index (χ1n) is 12.6. The third-order valence-corrected chi connectivity index (χ3v) is 6.46. The summed E-state index contributed by atoms with van der Waals surface area (Å²) in [4.78, 5) is 29.0. The smallest absolute Gasteiger partial charge is 0.243 e. The first-order valence-corrected chi connectivity index (χ1v) is 12.6. The monoisotopic (exact) mass is 470 g/mol. The standard InChI is InChI=1S/C31H38N2O2/c1-5-25(4)32-31(35)29(21-27-11-7-6-8-12-27)33(22-28-13-9-10-24(3)20-28)30(34)19-18-26-16-14-23(2)15-17-26/h6-17,20,25,29H,5,18-19,21-22H2,1-4H3,(H,32,35)/t25-,29-/m1/s1. The van der Waals surface area contributed by atoms with E-state index >= 15 is 0 Å². The molecule has 3 rings (SSSR count). The molecule has 0 aliphatic heterocycles. The lowest BCUT2D eigenvalue weighted by Crippen LogP contribution is -2.52. The van der Waals surface area contributed by atoms with E-state index in [1.165, 1.54) is 5.56 Å². The fraction of sp³-hybridized carbons (Fsp3) is 0.355. The number of hydrogen-bond acceptors (Lipinski definition) is 2. The van der Waals surface area contributed by atoms with Crippen LogP contribution in [0.25, 0.3) is 0 Å². The first kappa shape index (κ1) is 26.2. The summed E-state index contributed by atoms with van der Waals surface area (Å²) in [5.74, 6) is -0.105. The van der Waals surface area contributed by atoms with Gasteiger partial charge >= 0.3 is 0 Å². The van der Waals surface area contributed by atoms with Crippen LogP contribution in [0.5, 0.6) is 0 Å². The van der Waals surface area contributed by atoms with Gasteiger partial charge in [0.15, 0.2) is 0 Å². The van der Waals surface area contributed by atoms with Crippen molar-refractivity contribution in [2.75, 3.05) is 0 Å². The summed E-state index contributed by atoms with van der Waals surface area (Å²) in [5, 5.41) is 3.13. The molecule has 0 spiro atoms. The molecule has 0 aliphatic rings. The number of nitrogens with zero attached hydrogens (tertiary/aromatic N) is 1. The number of benzene rings is 3. The van der Waals surface area contributed by atoms with Gasteiger partial charge < -0.3 is 10.2 Å². The summed E-state index contributed by atoms with van der Waals surface area (Å²) in [6.45, 7) is 8.56. The molecule has 0 saturated carbocycles. The molecule has 0 heterocycles. The maximum Gasteiger partial charge on any atom is 0.243 e. The predicted octanol–water partition coefficient (Wildman–Crippen LogP) is 5.79. The minimum atomic E-state index is -0.586. The second kappa shape index (κ2) is 12.9. The third kappa shape index (κ3) is 8.10. The van der Waals surface area contributed by atoms with Gasteiger partial charge in [0.25, 0.3) is 0 Å². The van der Waals surface area contributed by atoms with Gasteiger partial charge in [0.1, 0.15) is 6.04 Å². The van der Waals surface area contributed by atoms with Gasteiger partial charge in [-0.05, 0) is 50.3 Å². The van der Waals surface area contributed by atoms with Crippen molar-refractivity contribution >= 4 is 11.8 Å². The zero-order valence-corrected chi connectivity index (χ0v) is 21.5. The van der Waals surface area contributed by atoms with Crippen LogP contribution in [0.1, 0.15) is 54.5 Å². The lowest BCUT2D eigenvalue weighted by Gasteiger charge is -2.32. The Labute approximate surface area is 210 Å². The second-order valence-electron chi connectivity index (χ2n) is 9.52. The topological polar surface area (TPSA) is 49.4 Å². The van der Waals surface area contributed by atoms with Gasteiger partial charge in [-0.25, -0.2) is 0 Å². The fourth-order valence-corrected chi connectivity index (χ4v) is 4.15. The van der Waals surface area contributed by atoms with E-state index in [0.717, 1.165) is 28.7 Å². The molecule has 3 aromatic carbocycles. The molecule has 4 heteroatoms. The van der Waals surface area contributed by atoms with E-state index < -0.39 is 6.04 Å². The first-order chi connectivity index (χ1) is 16.9. The summed E-state index contributed by atoms with van der Waals surface area (Å²) < 4.78 is 0. The van der Waals surface area contributed by atoms with Crippen molar-refractivity contribution in [1.29, 1.82) is 0 Å². The van der Waals surface area contributed by atoms with Crippen LogP contribution >= 0.6 is 0 Å². The molecule has 0 aromatic heterocycles. The molecule has 2 amide bonds. The molecule has 0 unspecified atom stereocenters. The van der Waals surface area contributed by atoms with Crippen LogP contribution in [0.15, 0.2) is 78.9 Å². The summed E-state index contributed by atoms with van der Waals surface area (Å²) in [7, 11) is 0. The fourth-order valence-electron chi connectivity index (χ4n) is 4.15. The minimum absolute atomic E-state index is 0.00712. The third-order valence-electron chi connectivity index (χ3n) is 6.46. The van der Waals surface area contributed by atoms with Crippen molar-refractivity contribution in [2.24, 2.45) is 0 Å². The Balaban J connectivity index is 1.90. The van der Waals surface area contributed by atoms with Gasteiger partial charge in [0.2, 0.25) is 11.8 Å². The lowest BCUT2D eigenvalue weighted by atomic mass is 10.0. The SMILES string of the molecule is CC[C@@H](C)NC(=O)[C@@H](Cc1ccccc1)N(Cc1cccc(C)c1)C(=O)CCc1ccc(C)cc1. The second-order valence-corrected chi connectivity index (χ2v) is 9.52. The lowest BCUT2D eigenvalue weighted by molar-refractivity contribution is -0.141. The number of amides is 2. The highest BCUT2D eigenvalue weighted by molar-refractivity contribution is 5.88. The summed E-state index contributed by atoms with van der Waals surface area (Å²) >= 11 is 0. The van der Waals surface area contributed by atoms with Crippen LogP contribution in [0, 0.1) is 13.8 Å². The van der Waals surface area contributed by atoms with E-state index in [1.807, 2.05) is 69.3 Å². The summed E-state index contributed by atoms with van der Waals surface area (Å²) in [6, 6.07) is 25.9. The Bertz CT molecular complexity index is 1090. The van der Waals surface area contributed by atoms with E-state index in [2.05, 4.69) is 42.6 Å². The number of carbonyl (C=O) groups excluding carboxylic acids is 2. The molecular formula is C31H38N2O2. The minimum Gasteiger partial charge on any atom is -0.352 e. The van der Waals surface area contributed by atoms with Crippen LogP contribution in [0.2, 0.25) is 0 Å². The number of hydrogen-bond donors (Lipinski definition) is 1. The Hall–Kier alpha value is -3.40. The van der Waals surface area contributed by atoms with Crippen molar-refractivity contribution in [3.05, 3.63) is 107 Å². The molecular weight excluding hydrogens is 432 g/mol. The molecule has 0 saturated heterocycles.